The second kappa shape index (κ2) is 6.26. The molecule has 0 aliphatic heterocycles. The first-order valence-corrected chi connectivity index (χ1v) is 5.05. The minimum absolute atomic E-state index is 0.0328. The fourth-order valence-corrected chi connectivity index (χ4v) is 1.30. The van der Waals surface area contributed by atoms with Gasteiger partial charge < -0.3 is 5.32 Å². The van der Waals surface area contributed by atoms with Crippen LogP contribution in [0.25, 0.3) is 0 Å². The van der Waals surface area contributed by atoms with Crippen LogP contribution in [0.2, 0.25) is 0 Å². The quantitative estimate of drug-likeness (QED) is 0.393. The van der Waals surface area contributed by atoms with E-state index in [1.54, 1.807) is 0 Å². The van der Waals surface area contributed by atoms with Crippen LogP contribution in [0, 0.1) is 20.2 Å². The molecule has 0 saturated heterocycles. The lowest BCUT2D eigenvalue weighted by Crippen LogP contribution is -2.21. The standard InChI is InChI=1S/C9H10N4O6/c14-9(11-15)3-4-10-7-2-1-6(12(16)17)5-8(7)13(18)19/h1-2,5,10,15H,3-4H2,(H,11,14). The van der Waals surface area contributed by atoms with Crippen molar-refractivity contribution in [3.05, 3.63) is 38.4 Å². The lowest BCUT2D eigenvalue weighted by Gasteiger charge is -2.06. The van der Waals surface area contributed by atoms with E-state index in [0.29, 0.717) is 0 Å². The van der Waals surface area contributed by atoms with Gasteiger partial charge in [0.05, 0.1) is 15.9 Å². The zero-order chi connectivity index (χ0) is 14.4. The van der Waals surface area contributed by atoms with Crippen molar-refractivity contribution in [2.45, 2.75) is 6.42 Å². The Hall–Kier alpha value is -2.75. The minimum atomic E-state index is -0.762. The molecule has 1 rings (SSSR count). The molecule has 3 N–H and O–H groups in total. The van der Waals surface area contributed by atoms with Crippen LogP contribution >= 0.6 is 0 Å². The number of amides is 1. The van der Waals surface area contributed by atoms with Gasteiger partial charge in [0.15, 0.2) is 0 Å². The van der Waals surface area contributed by atoms with Crippen molar-refractivity contribution in [2.75, 3.05) is 11.9 Å². The van der Waals surface area contributed by atoms with E-state index in [4.69, 9.17) is 5.21 Å². The highest BCUT2D eigenvalue weighted by atomic mass is 16.6. The fraction of sp³-hybridized carbons (Fsp3) is 0.222. The van der Waals surface area contributed by atoms with Crippen molar-refractivity contribution in [1.29, 1.82) is 0 Å². The highest BCUT2D eigenvalue weighted by Gasteiger charge is 2.19. The summed E-state index contributed by atoms with van der Waals surface area (Å²) in [5, 5.41) is 32.1. The topological polar surface area (TPSA) is 148 Å². The van der Waals surface area contributed by atoms with Gasteiger partial charge in [-0.3, -0.25) is 30.2 Å². The molecule has 19 heavy (non-hydrogen) atoms. The van der Waals surface area contributed by atoms with Gasteiger partial charge in [0.2, 0.25) is 5.91 Å². The SMILES string of the molecule is O=C(CCNc1ccc([N+](=O)[O-])cc1[N+](=O)[O-])NO. The third kappa shape index (κ3) is 3.89. The molecule has 0 fully saturated rings. The summed E-state index contributed by atoms with van der Waals surface area (Å²) in [6, 6.07) is 3.13. The number of hydrogen-bond donors (Lipinski definition) is 3. The van der Waals surface area contributed by atoms with E-state index in [2.05, 4.69) is 5.32 Å². The molecule has 10 heteroatoms. The Kier molecular flexibility index (Phi) is 4.71. The number of hydroxylamine groups is 1. The summed E-state index contributed by atoms with van der Waals surface area (Å²) in [5.74, 6) is -0.655. The summed E-state index contributed by atoms with van der Waals surface area (Å²) in [6.07, 6.45) is -0.107. The number of non-ortho nitro benzene ring substituents is 1. The third-order valence-electron chi connectivity index (χ3n) is 2.18. The first kappa shape index (κ1) is 14.3. The van der Waals surface area contributed by atoms with Crippen LogP contribution in [0.15, 0.2) is 18.2 Å². The Morgan fingerprint density at radius 2 is 1.95 bits per heavy atom. The number of carbonyl (C=O) groups is 1. The number of benzene rings is 1. The van der Waals surface area contributed by atoms with Crippen LogP contribution in [0.3, 0.4) is 0 Å². The average Bonchev–Trinajstić information content (AvgIpc) is 2.38. The van der Waals surface area contributed by atoms with Crippen molar-refractivity contribution >= 4 is 23.0 Å². The third-order valence-corrected chi connectivity index (χ3v) is 2.18. The average molecular weight is 270 g/mol. The van der Waals surface area contributed by atoms with Crippen LogP contribution in [0.5, 0.6) is 0 Å². The molecular formula is C9H10N4O6. The maximum atomic E-state index is 10.8. The summed E-state index contributed by atoms with van der Waals surface area (Å²) >= 11 is 0. The number of hydrogen-bond acceptors (Lipinski definition) is 7. The van der Waals surface area contributed by atoms with Gasteiger partial charge in [0.25, 0.3) is 11.4 Å². The van der Waals surface area contributed by atoms with E-state index < -0.39 is 27.1 Å². The van der Waals surface area contributed by atoms with Crippen molar-refractivity contribution in [3.8, 4) is 0 Å². The van der Waals surface area contributed by atoms with E-state index >= 15 is 0 Å². The van der Waals surface area contributed by atoms with Crippen LogP contribution in [-0.4, -0.2) is 27.5 Å². The van der Waals surface area contributed by atoms with Crippen molar-refractivity contribution in [2.24, 2.45) is 0 Å². The molecule has 1 amide bonds. The maximum Gasteiger partial charge on any atom is 0.299 e. The largest absolute Gasteiger partial charge is 0.379 e. The van der Waals surface area contributed by atoms with Gasteiger partial charge in [-0.2, -0.15) is 0 Å². The van der Waals surface area contributed by atoms with Crippen molar-refractivity contribution in [1.82, 2.24) is 5.48 Å². The highest BCUT2D eigenvalue weighted by Crippen LogP contribution is 2.28. The van der Waals surface area contributed by atoms with E-state index in [0.717, 1.165) is 12.1 Å². The molecule has 10 nitrogen and oxygen atoms in total. The number of nitro benzene ring substituents is 2. The summed E-state index contributed by atoms with van der Waals surface area (Å²) in [4.78, 5) is 30.5. The van der Waals surface area contributed by atoms with Gasteiger partial charge in [-0.25, -0.2) is 5.48 Å². The molecule has 1 aromatic rings. The molecule has 0 radical (unpaired) electrons. The molecule has 0 bridgehead atoms. The van der Waals surface area contributed by atoms with E-state index in [9.17, 15) is 25.0 Å². The Morgan fingerprint density at radius 1 is 1.26 bits per heavy atom. The van der Waals surface area contributed by atoms with Crippen LogP contribution < -0.4 is 10.8 Å². The number of carbonyl (C=O) groups excluding carboxylic acids is 1. The number of anilines is 1. The predicted octanol–water partition coefficient (Wildman–Crippen LogP) is 0.810. The van der Waals surface area contributed by atoms with Gasteiger partial charge >= 0.3 is 0 Å². The smallest absolute Gasteiger partial charge is 0.299 e. The van der Waals surface area contributed by atoms with Gasteiger partial charge in [-0.05, 0) is 6.07 Å². The Morgan fingerprint density at radius 3 is 2.47 bits per heavy atom. The molecule has 0 spiro atoms. The van der Waals surface area contributed by atoms with Crippen LogP contribution in [0.1, 0.15) is 6.42 Å². The van der Waals surface area contributed by atoms with E-state index in [1.165, 1.54) is 11.5 Å². The minimum Gasteiger partial charge on any atom is -0.379 e. The Bertz CT molecular complexity index is 517. The van der Waals surface area contributed by atoms with E-state index in [-0.39, 0.29) is 18.7 Å². The molecule has 0 unspecified atom stereocenters. The molecule has 0 aromatic heterocycles. The van der Waals surface area contributed by atoms with Gasteiger partial charge in [-0.15, -0.1) is 0 Å². The zero-order valence-electron chi connectivity index (χ0n) is 9.53. The molecule has 0 atom stereocenters. The molecule has 0 heterocycles. The zero-order valence-corrected chi connectivity index (χ0v) is 9.53. The predicted molar refractivity (Wildman–Crippen MR) is 62.8 cm³/mol. The molecule has 102 valence electrons. The van der Waals surface area contributed by atoms with Crippen molar-refractivity contribution < 1.29 is 19.8 Å². The summed E-state index contributed by atoms with van der Waals surface area (Å²) in [6.45, 7) is 0.0328. The first-order chi connectivity index (χ1) is 8.95. The number of nitrogens with one attached hydrogen (secondary N) is 2. The van der Waals surface area contributed by atoms with Gasteiger partial charge in [-0.1, -0.05) is 0 Å². The second-order valence-corrected chi connectivity index (χ2v) is 3.43. The molecule has 0 aliphatic carbocycles. The monoisotopic (exact) mass is 270 g/mol. The number of nitro groups is 2. The summed E-state index contributed by atoms with van der Waals surface area (Å²) in [7, 11) is 0. The highest BCUT2D eigenvalue weighted by molar-refractivity contribution is 5.75. The molecule has 0 aliphatic rings. The van der Waals surface area contributed by atoms with Crippen molar-refractivity contribution in [3.63, 3.8) is 0 Å². The summed E-state index contributed by atoms with van der Waals surface area (Å²) in [5.41, 5.74) is 0.610. The van der Waals surface area contributed by atoms with Crippen LogP contribution in [0.4, 0.5) is 17.1 Å². The normalized spacial score (nSPS) is 9.74. The molecular weight excluding hydrogens is 260 g/mol. The summed E-state index contributed by atoms with van der Waals surface area (Å²) < 4.78 is 0. The fourth-order valence-electron chi connectivity index (χ4n) is 1.30. The van der Waals surface area contributed by atoms with E-state index in [1.807, 2.05) is 0 Å². The Labute approximate surface area is 106 Å². The van der Waals surface area contributed by atoms with Gasteiger partial charge in [0, 0.05) is 19.0 Å². The number of rotatable bonds is 6. The van der Waals surface area contributed by atoms with Crippen LogP contribution in [-0.2, 0) is 4.79 Å². The molecule has 1 aromatic carbocycles. The lowest BCUT2D eigenvalue weighted by atomic mass is 10.2. The lowest BCUT2D eigenvalue weighted by molar-refractivity contribution is -0.393. The number of nitrogens with zero attached hydrogens (tertiary/aromatic N) is 2. The molecule has 0 saturated carbocycles. The second-order valence-electron chi connectivity index (χ2n) is 3.43. The Balaban J connectivity index is 2.85. The maximum absolute atomic E-state index is 10.8. The first-order valence-electron chi connectivity index (χ1n) is 5.05. The van der Waals surface area contributed by atoms with Gasteiger partial charge in [0.1, 0.15) is 5.69 Å².